The fourth-order valence-electron chi connectivity index (χ4n) is 1.36. The highest BCUT2D eigenvalue weighted by Crippen LogP contribution is 2.23. The number of nitrogen functional groups attached to an aromatic ring is 1. The molecule has 0 aliphatic heterocycles. The molecule has 0 saturated heterocycles. The first kappa shape index (κ1) is 12.9. The van der Waals surface area contributed by atoms with Crippen molar-refractivity contribution in [1.29, 1.82) is 5.26 Å². The van der Waals surface area contributed by atoms with Crippen LogP contribution in [0.5, 0.6) is 6.01 Å². The number of rotatable bonds is 3. The normalized spacial score (nSPS) is 9.74. The van der Waals surface area contributed by atoms with Crippen LogP contribution in [0.2, 0.25) is 5.02 Å². The number of halogens is 1. The number of methoxy groups -OCH3 is 1. The molecule has 0 unspecified atom stereocenters. The van der Waals surface area contributed by atoms with Gasteiger partial charge in [0.25, 0.3) is 0 Å². The Morgan fingerprint density at radius 3 is 2.84 bits per heavy atom. The van der Waals surface area contributed by atoms with Crippen LogP contribution in [-0.4, -0.2) is 22.1 Å². The quantitative estimate of drug-likeness (QED) is 0.878. The first-order valence-corrected chi connectivity index (χ1v) is 5.52. The lowest BCUT2D eigenvalue weighted by molar-refractivity contribution is 0.380. The molecule has 3 N–H and O–H groups in total. The Morgan fingerprint density at radius 1 is 1.37 bits per heavy atom. The van der Waals surface area contributed by atoms with E-state index in [-0.39, 0.29) is 17.9 Å². The lowest BCUT2D eigenvalue weighted by Gasteiger charge is -2.08. The molecule has 7 nitrogen and oxygen atoms in total. The highest BCUT2D eigenvalue weighted by atomic mass is 35.5. The third kappa shape index (κ3) is 3.00. The van der Waals surface area contributed by atoms with E-state index in [1.807, 2.05) is 6.07 Å². The fraction of sp³-hybridized carbons (Fsp3) is 0.0909. The predicted molar refractivity (Wildman–Crippen MR) is 70.2 cm³/mol. The number of hydrogen-bond donors (Lipinski definition) is 2. The molecular weight excluding hydrogens is 268 g/mol. The Kier molecular flexibility index (Phi) is 3.63. The van der Waals surface area contributed by atoms with Gasteiger partial charge >= 0.3 is 6.01 Å². The molecule has 1 aromatic heterocycles. The minimum atomic E-state index is 0.00915. The number of aromatic nitrogens is 3. The Bertz CT molecular complexity index is 654. The molecule has 1 heterocycles. The number of nitrogens with zero attached hydrogens (tertiary/aromatic N) is 4. The molecule has 0 fully saturated rings. The number of hydrogen-bond acceptors (Lipinski definition) is 7. The van der Waals surface area contributed by atoms with Gasteiger partial charge in [-0.2, -0.15) is 20.2 Å². The van der Waals surface area contributed by atoms with E-state index >= 15 is 0 Å². The van der Waals surface area contributed by atoms with Gasteiger partial charge in [0.15, 0.2) is 0 Å². The highest BCUT2D eigenvalue weighted by Gasteiger charge is 2.08. The Hall–Kier alpha value is -2.59. The third-order valence-corrected chi connectivity index (χ3v) is 2.40. The smallest absolute Gasteiger partial charge is 0.322 e. The Balaban J connectivity index is 2.38. The number of benzene rings is 1. The van der Waals surface area contributed by atoms with E-state index in [0.717, 1.165) is 0 Å². The maximum atomic E-state index is 9.01. The van der Waals surface area contributed by atoms with Crippen LogP contribution < -0.4 is 15.8 Å². The minimum Gasteiger partial charge on any atom is -0.467 e. The summed E-state index contributed by atoms with van der Waals surface area (Å²) in [6.45, 7) is 0. The summed E-state index contributed by atoms with van der Waals surface area (Å²) < 4.78 is 4.88. The van der Waals surface area contributed by atoms with Crippen molar-refractivity contribution in [3.8, 4) is 12.1 Å². The van der Waals surface area contributed by atoms with Crippen LogP contribution >= 0.6 is 11.6 Å². The molecular formula is C11H9ClN6O. The fourth-order valence-corrected chi connectivity index (χ4v) is 1.53. The van der Waals surface area contributed by atoms with Crippen LogP contribution in [0.15, 0.2) is 18.2 Å². The van der Waals surface area contributed by atoms with E-state index < -0.39 is 0 Å². The van der Waals surface area contributed by atoms with Crippen LogP contribution in [0.3, 0.4) is 0 Å². The number of nitrogens with one attached hydrogen (secondary N) is 1. The van der Waals surface area contributed by atoms with E-state index in [9.17, 15) is 0 Å². The van der Waals surface area contributed by atoms with Crippen molar-refractivity contribution >= 4 is 29.2 Å². The van der Waals surface area contributed by atoms with Gasteiger partial charge < -0.3 is 15.8 Å². The van der Waals surface area contributed by atoms with Crippen molar-refractivity contribution in [3.05, 3.63) is 28.8 Å². The van der Waals surface area contributed by atoms with Gasteiger partial charge in [0, 0.05) is 5.02 Å². The summed E-state index contributed by atoms with van der Waals surface area (Å²) in [4.78, 5) is 11.6. The maximum Gasteiger partial charge on any atom is 0.322 e. The second-order valence-corrected chi connectivity index (χ2v) is 3.87. The number of nitrogens with two attached hydrogens (primary N) is 1. The number of anilines is 3. The average molecular weight is 277 g/mol. The molecule has 2 rings (SSSR count). The van der Waals surface area contributed by atoms with E-state index in [2.05, 4.69) is 20.3 Å². The SMILES string of the molecule is COc1nc(N)nc(Nc2cc(Cl)ccc2C#N)n1. The molecule has 1 aromatic carbocycles. The van der Waals surface area contributed by atoms with Crippen molar-refractivity contribution in [2.75, 3.05) is 18.2 Å². The Morgan fingerprint density at radius 2 is 2.16 bits per heavy atom. The monoisotopic (exact) mass is 276 g/mol. The zero-order chi connectivity index (χ0) is 13.8. The van der Waals surface area contributed by atoms with Gasteiger partial charge in [-0.3, -0.25) is 0 Å². The molecule has 8 heteroatoms. The van der Waals surface area contributed by atoms with Crippen molar-refractivity contribution in [3.63, 3.8) is 0 Å². The molecule has 0 atom stereocenters. The summed E-state index contributed by atoms with van der Waals surface area (Å²) in [6, 6.07) is 6.91. The molecule has 19 heavy (non-hydrogen) atoms. The summed E-state index contributed by atoms with van der Waals surface area (Å²) in [5.74, 6) is 0.179. The largest absolute Gasteiger partial charge is 0.467 e. The molecule has 2 aromatic rings. The summed E-state index contributed by atoms with van der Waals surface area (Å²) in [5, 5.41) is 12.3. The molecule has 0 spiro atoms. The van der Waals surface area contributed by atoms with Gasteiger partial charge in [-0.25, -0.2) is 0 Å². The summed E-state index contributed by atoms with van der Waals surface area (Å²) >= 11 is 5.88. The van der Waals surface area contributed by atoms with Gasteiger partial charge in [0.05, 0.1) is 18.4 Å². The second-order valence-electron chi connectivity index (χ2n) is 3.43. The minimum absolute atomic E-state index is 0.00915. The third-order valence-electron chi connectivity index (χ3n) is 2.16. The van der Waals surface area contributed by atoms with Crippen molar-refractivity contribution in [1.82, 2.24) is 15.0 Å². The molecule has 0 aliphatic rings. The first-order chi connectivity index (χ1) is 9.12. The lowest BCUT2D eigenvalue weighted by atomic mass is 10.2. The first-order valence-electron chi connectivity index (χ1n) is 5.14. The molecule has 0 bridgehead atoms. The van der Waals surface area contributed by atoms with E-state index in [1.54, 1.807) is 18.2 Å². The summed E-state index contributed by atoms with van der Waals surface area (Å²) in [5.41, 5.74) is 6.40. The standard InChI is InChI=1S/C11H9ClN6O/c1-19-11-17-9(14)16-10(18-11)15-8-4-7(12)3-2-6(8)5-13/h2-4H,1H3,(H3,14,15,16,17,18). The van der Waals surface area contributed by atoms with Gasteiger partial charge in [0.2, 0.25) is 11.9 Å². The Labute approximate surface area is 114 Å². The van der Waals surface area contributed by atoms with Crippen LogP contribution in [0.1, 0.15) is 5.56 Å². The molecule has 96 valence electrons. The highest BCUT2D eigenvalue weighted by molar-refractivity contribution is 6.30. The zero-order valence-electron chi connectivity index (χ0n) is 9.88. The topological polar surface area (TPSA) is 110 Å². The average Bonchev–Trinajstić information content (AvgIpc) is 2.38. The van der Waals surface area contributed by atoms with E-state index in [0.29, 0.717) is 16.3 Å². The lowest BCUT2D eigenvalue weighted by Crippen LogP contribution is -2.05. The number of nitriles is 1. The van der Waals surface area contributed by atoms with E-state index in [4.69, 9.17) is 27.3 Å². The maximum absolute atomic E-state index is 9.01. The second kappa shape index (κ2) is 5.37. The van der Waals surface area contributed by atoms with Gasteiger partial charge in [-0.1, -0.05) is 11.6 Å². The number of ether oxygens (including phenoxy) is 1. The van der Waals surface area contributed by atoms with Crippen LogP contribution in [0, 0.1) is 11.3 Å². The summed E-state index contributed by atoms with van der Waals surface area (Å²) in [6.07, 6.45) is 0. The molecule has 0 saturated carbocycles. The van der Waals surface area contributed by atoms with Crippen molar-refractivity contribution < 1.29 is 4.74 Å². The predicted octanol–water partition coefficient (Wildman–Crippen LogP) is 1.73. The van der Waals surface area contributed by atoms with Crippen LogP contribution in [0.25, 0.3) is 0 Å². The molecule has 0 radical (unpaired) electrons. The van der Waals surface area contributed by atoms with Gasteiger partial charge in [-0.05, 0) is 18.2 Å². The van der Waals surface area contributed by atoms with Crippen molar-refractivity contribution in [2.24, 2.45) is 0 Å². The molecule has 0 amide bonds. The van der Waals surface area contributed by atoms with Crippen molar-refractivity contribution in [2.45, 2.75) is 0 Å². The summed E-state index contributed by atoms with van der Waals surface area (Å²) in [7, 11) is 1.42. The van der Waals surface area contributed by atoms with Gasteiger partial charge in [0.1, 0.15) is 6.07 Å². The van der Waals surface area contributed by atoms with Crippen LogP contribution in [-0.2, 0) is 0 Å². The van der Waals surface area contributed by atoms with Crippen LogP contribution in [0.4, 0.5) is 17.6 Å². The zero-order valence-corrected chi connectivity index (χ0v) is 10.6. The van der Waals surface area contributed by atoms with Gasteiger partial charge in [-0.15, -0.1) is 0 Å². The molecule has 0 aliphatic carbocycles. The van der Waals surface area contributed by atoms with E-state index in [1.165, 1.54) is 7.11 Å².